The molecule has 0 radical (unpaired) electrons. The molecule has 6 nitrogen and oxygen atoms in total. The molecule has 0 aliphatic heterocycles. The van der Waals surface area contributed by atoms with E-state index < -0.39 is 11.7 Å². The van der Waals surface area contributed by atoms with Gasteiger partial charge in [-0.3, -0.25) is 0 Å². The Labute approximate surface area is 239 Å². The lowest BCUT2D eigenvalue weighted by Gasteiger charge is -2.46. The number of ether oxygens (including phenoxy) is 4. The molecule has 1 aromatic rings. The van der Waals surface area contributed by atoms with Crippen molar-refractivity contribution >= 4 is 0 Å². The molecule has 218 valence electrons. The van der Waals surface area contributed by atoms with Gasteiger partial charge in [0.15, 0.2) is 0 Å². The second-order valence-electron chi connectivity index (χ2n) is 11.0. The van der Waals surface area contributed by atoms with E-state index in [9.17, 15) is 10.2 Å². The van der Waals surface area contributed by atoms with Crippen LogP contribution in [0.4, 0.5) is 0 Å². The van der Waals surface area contributed by atoms with Gasteiger partial charge in [0.2, 0.25) is 0 Å². The van der Waals surface area contributed by atoms with Crippen LogP contribution in [0.1, 0.15) is 44.1 Å². The van der Waals surface area contributed by atoms with Crippen LogP contribution in [0.25, 0.3) is 0 Å². The molecular formula is C34H46O6. The Morgan fingerprint density at radius 2 is 1.68 bits per heavy atom. The Morgan fingerprint density at radius 3 is 2.25 bits per heavy atom. The third-order valence-corrected chi connectivity index (χ3v) is 8.21. The summed E-state index contributed by atoms with van der Waals surface area (Å²) in [6, 6.07) is 10.5. The second-order valence-corrected chi connectivity index (χ2v) is 11.0. The molecule has 0 heterocycles. The van der Waals surface area contributed by atoms with E-state index >= 15 is 0 Å². The number of aliphatic hydroxyl groups excluding tert-OH is 2. The highest BCUT2D eigenvalue weighted by Gasteiger charge is 2.46. The number of allylic oxidation sites excluding steroid dienone is 8. The summed E-state index contributed by atoms with van der Waals surface area (Å²) in [4.78, 5) is 0. The van der Waals surface area contributed by atoms with Crippen LogP contribution in [-0.4, -0.2) is 62.6 Å². The van der Waals surface area contributed by atoms with Gasteiger partial charge in [0, 0.05) is 31.5 Å². The summed E-state index contributed by atoms with van der Waals surface area (Å²) in [5.74, 6) is 1.86. The molecule has 6 heteroatoms. The van der Waals surface area contributed by atoms with E-state index in [0.717, 1.165) is 43.4 Å². The lowest BCUT2D eigenvalue weighted by atomic mass is 9.68. The van der Waals surface area contributed by atoms with E-state index in [1.165, 1.54) is 0 Å². The number of hydrogen-bond donors (Lipinski definition) is 2. The van der Waals surface area contributed by atoms with Crippen LogP contribution in [0.5, 0.6) is 0 Å². The molecule has 0 saturated heterocycles. The zero-order valence-electron chi connectivity index (χ0n) is 23.8. The molecule has 4 rings (SSSR count). The van der Waals surface area contributed by atoms with Crippen molar-refractivity contribution in [2.24, 2.45) is 17.8 Å². The van der Waals surface area contributed by atoms with Gasteiger partial charge in [-0.1, -0.05) is 78.9 Å². The third kappa shape index (κ3) is 8.27. The standard InChI is InChI=1S/C34H46O6/c1-37-32-19-17-27(18-20-32)24-38-22-21-33(39-25-31(36)23-35)26-40-34(28-11-5-2-6-12-28,29-13-7-3-8-14-29)30-15-9-4-10-16-30/h2-13,15,19,27,29-31,33,35-36H,14,16-18,20-26H2,1H3/t27?,29?,30?,31?,33-,34?/m0/s1. The highest BCUT2D eigenvalue weighted by Crippen LogP contribution is 2.47. The zero-order valence-corrected chi connectivity index (χ0v) is 23.8. The maximum Gasteiger partial charge on any atom is 0.106 e. The number of methoxy groups -OCH3 is 1. The van der Waals surface area contributed by atoms with Gasteiger partial charge in [0.05, 0.1) is 38.8 Å². The molecule has 2 N–H and O–H groups in total. The average Bonchev–Trinajstić information content (AvgIpc) is 3.03. The van der Waals surface area contributed by atoms with Crippen molar-refractivity contribution in [1.29, 1.82) is 0 Å². The van der Waals surface area contributed by atoms with Crippen molar-refractivity contribution in [1.82, 2.24) is 0 Å². The average molecular weight is 551 g/mol. The summed E-state index contributed by atoms with van der Waals surface area (Å²) >= 11 is 0. The molecule has 5 atom stereocenters. The molecule has 0 saturated carbocycles. The van der Waals surface area contributed by atoms with Gasteiger partial charge < -0.3 is 29.2 Å². The van der Waals surface area contributed by atoms with Crippen molar-refractivity contribution in [3.05, 3.63) is 96.3 Å². The molecule has 3 aliphatic carbocycles. The highest BCUT2D eigenvalue weighted by molar-refractivity contribution is 5.32. The first-order valence-corrected chi connectivity index (χ1v) is 14.7. The lowest BCUT2D eigenvalue weighted by molar-refractivity contribution is -0.152. The topological polar surface area (TPSA) is 77.4 Å². The normalized spacial score (nSPS) is 25.3. The van der Waals surface area contributed by atoms with E-state index in [4.69, 9.17) is 18.9 Å². The summed E-state index contributed by atoms with van der Waals surface area (Å²) in [5, 5.41) is 19.4. The fourth-order valence-corrected chi connectivity index (χ4v) is 5.91. The molecule has 3 aliphatic rings. The number of aliphatic hydroxyl groups is 2. The molecule has 1 aromatic carbocycles. The minimum absolute atomic E-state index is 0.0498. The number of hydrogen-bond acceptors (Lipinski definition) is 6. The van der Waals surface area contributed by atoms with Gasteiger partial charge in [-0.15, -0.1) is 0 Å². The Hall–Kier alpha value is -2.48. The fraction of sp³-hybridized carbons (Fsp3) is 0.529. The fourth-order valence-electron chi connectivity index (χ4n) is 5.91. The zero-order chi connectivity index (χ0) is 28.0. The van der Waals surface area contributed by atoms with Crippen LogP contribution in [0, 0.1) is 17.8 Å². The van der Waals surface area contributed by atoms with Crippen LogP contribution in [0.2, 0.25) is 0 Å². The monoisotopic (exact) mass is 550 g/mol. The van der Waals surface area contributed by atoms with Crippen LogP contribution >= 0.6 is 0 Å². The summed E-state index contributed by atoms with van der Waals surface area (Å²) < 4.78 is 24.7. The number of rotatable bonds is 16. The Kier molecular flexibility index (Phi) is 12.3. The van der Waals surface area contributed by atoms with Gasteiger partial charge in [-0.05, 0) is 49.7 Å². The van der Waals surface area contributed by atoms with Crippen molar-refractivity contribution in [2.45, 2.75) is 56.3 Å². The molecule has 0 fully saturated rings. The minimum Gasteiger partial charge on any atom is -0.501 e. The van der Waals surface area contributed by atoms with Gasteiger partial charge in [0.25, 0.3) is 0 Å². The van der Waals surface area contributed by atoms with Crippen molar-refractivity contribution < 1.29 is 29.2 Å². The number of benzene rings is 1. The summed E-state index contributed by atoms with van der Waals surface area (Å²) in [5.41, 5.74) is 0.561. The molecule has 4 unspecified atom stereocenters. The van der Waals surface area contributed by atoms with E-state index in [1.54, 1.807) is 7.11 Å². The van der Waals surface area contributed by atoms with Gasteiger partial charge in [-0.2, -0.15) is 0 Å². The Balaban J connectivity index is 1.47. The van der Waals surface area contributed by atoms with E-state index in [-0.39, 0.29) is 31.2 Å². The SMILES string of the molecule is COC1=CCC(COCC[C@@H](COC(c2ccccc2)(C2C=CC=CC2)C2C=CC=CC2)OCC(O)CO)CC1. The summed E-state index contributed by atoms with van der Waals surface area (Å²) in [7, 11) is 1.73. The molecule has 0 amide bonds. The first kappa shape index (κ1) is 30.5. The van der Waals surface area contributed by atoms with Crippen LogP contribution < -0.4 is 0 Å². The van der Waals surface area contributed by atoms with Crippen LogP contribution in [-0.2, 0) is 24.5 Å². The van der Waals surface area contributed by atoms with Gasteiger partial charge in [0.1, 0.15) is 11.7 Å². The van der Waals surface area contributed by atoms with Gasteiger partial charge >= 0.3 is 0 Å². The van der Waals surface area contributed by atoms with Crippen molar-refractivity contribution in [3.63, 3.8) is 0 Å². The second kappa shape index (κ2) is 16.1. The molecule has 40 heavy (non-hydrogen) atoms. The predicted octanol–water partition coefficient (Wildman–Crippen LogP) is 5.64. The predicted molar refractivity (Wildman–Crippen MR) is 158 cm³/mol. The Morgan fingerprint density at radius 1 is 0.950 bits per heavy atom. The lowest BCUT2D eigenvalue weighted by Crippen LogP contribution is -2.46. The summed E-state index contributed by atoms with van der Waals surface area (Å²) in [6.45, 7) is 1.30. The van der Waals surface area contributed by atoms with E-state index in [2.05, 4.69) is 78.9 Å². The molecule has 0 bridgehead atoms. The first-order chi connectivity index (χ1) is 19.7. The van der Waals surface area contributed by atoms with E-state index in [0.29, 0.717) is 32.2 Å². The molecule has 0 aromatic heterocycles. The van der Waals surface area contributed by atoms with Crippen LogP contribution in [0.3, 0.4) is 0 Å². The quantitative estimate of drug-likeness (QED) is 0.260. The molecule has 0 spiro atoms. The largest absolute Gasteiger partial charge is 0.501 e. The third-order valence-electron chi connectivity index (χ3n) is 8.21. The Bertz CT molecular complexity index is 996. The van der Waals surface area contributed by atoms with Gasteiger partial charge in [-0.25, -0.2) is 0 Å². The van der Waals surface area contributed by atoms with Crippen molar-refractivity contribution in [2.75, 3.05) is 40.1 Å². The smallest absolute Gasteiger partial charge is 0.106 e. The first-order valence-electron chi connectivity index (χ1n) is 14.7. The van der Waals surface area contributed by atoms with Crippen LogP contribution in [0.15, 0.2) is 90.8 Å². The van der Waals surface area contributed by atoms with E-state index in [1.807, 2.05) is 6.07 Å². The highest BCUT2D eigenvalue weighted by atomic mass is 16.6. The maximum absolute atomic E-state index is 10.0. The maximum atomic E-state index is 10.0. The molecular weight excluding hydrogens is 504 g/mol. The summed E-state index contributed by atoms with van der Waals surface area (Å²) in [6.07, 6.45) is 23.7. The minimum atomic E-state index is -0.927. The van der Waals surface area contributed by atoms with Crippen molar-refractivity contribution in [3.8, 4) is 0 Å².